The summed E-state index contributed by atoms with van der Waals surface area (Å²) in [5, 5.41) is 1.38. The van der Waals surface area contributed by atoms with Gasteiger partial charge < -0.3 is 14.6 Å². The lowest BCUT2D eigenvalue weighted by Gasteiger charge is -2.47. The average molecular weight is 347 g/mol. The molecule has 2 atom stereocenters. The zero-order valence-corrected chi connectivity index (χ0v) is 15.4. The quantitative estimate of drug-likeness (QED) is 0.771. The van der Waals surface area contributed by atoms with Crippen molar-refractivity contribution < 1.29 is 4.74 Å². The van der Waals surface area contributed by atoms with Crippen LogP contribution < -0.4 is 4.74 Å². The molecule has 26 heavy (non-hydrogen) atoms. The first-order valence-corrected chi connectivity index (χ1v) is 9.42. The highest BCUT2D eigenvalue weighted by Gasteiger charge is 2.39. The largest absolute Gasteiger partial charge is 0.497 e. The smallest absolute Gasteiger partial charge is 0.118 e. The van der Waals surface area contributed by atoms with Gasteiger partial charge in [0.2, 0.25) is 0 Å². The van der Waals surface area contributed by atoms with Crippen LogP contribution >= 0.6 is 0 Å². The Labute approximate surface area is 154 Å². The van der Waals surface area contributed by atoms with Gasteiger partial charge in [0.15, 0.2) is 0 Å². The molecule has 4 heteroatoms. The van der Waals surface area contributed by atoms with Crippen LogP contribution in [0.15, 0.2) is 48.5 Å². The monoisotopic (exact) mass is 347 g/mol. The molecule has 0 unspecified atom stereocenters. The molecule has 0 radical (unpaired) electrons. The number of H-pyrrole nitrogens is 1. The number of hydrogen-bond acceptors (Lipinski definition) is 3. The van der Waals surface area contributed by atoms with Crippen molar-refractivity contribution in [3.63, 3.8) is 0 Å². The Morgan fingerprint density at radius 3 is 2.65 bits per heavy atom. The van der Waals surface area contributed by atoms with Gasteiger partial charge in [0, 0.05) is 42.3 Å². The van der Waals surface area contributed by atoms with E-state index in [4.69, 9.17) is 4.74 Å². The van der Waals surface area contributed by atoms with Gasteiger partial charge in [0.1, 0.15) is 5.75 Å². The third-order valence-electron chi connectivity index (χ3n) is 6.05. The Morgan fingerprint density at radius 1 is 1.04 bits per heavy atom. The fraction of sp³-hybridized carbons (Fsp3) is 0.364. The van der Waals surface area contributed by atoms with E-state index in [9.17, 15) is 0 Å². The maximum Gasteiger partial charge on any atom is 0.118 e. The maximum absolute atomic E-state index is 5.37. The summed E-state index contributed by atoms with van der Waals surface area (Å²) in [5.74, 6) is 0.913. The summed E-state index contributed by atoms with van der Waals surface area (Å²) in [6, 6.07) is 18.2. The van der Waals surface area contributed by atoms with Gasteiger partial charge in [0.05, 0.1) is 13.2 Å². The highest BCUT2D eigenvalue weighted by Crippen LogP contribution is 2.41. The van der Waals surface area contributed by atoms with E-state index in [1.807, 2.05) is 0 Å². The highest BCUT2D eigenvalue weighted by atomic mass is 16.5. The van der Waals surface area contributed by atoms with Crippen LogP contribution in [0.3, 0.4) is 0 Å². The number of para-hydroxylation sites is 1. The first kappa shape index (κ1) is 15.9. The van der Waals surface area contributed by atoms with E-state index in [1.165, 1.54) is 27.7 Å². The first-order chi connectivity index (χ1) is 12.7. The molecule has 0 amide bonds. The average Bonchev–Trinajstić information content (AvgIpc) is 3.04. The molecule has 1 N–H and O–H groups in total. The molecule has 1 aromatic heterocycles. The second kappa shape index (κ2) is 6.15. The van der Waals surface area contributed by atoms with Gasteiger partial charge in [-0.15, -0.1) is 0 Å². The van der Waals surface area contributed by atoms with Crippen molar-refractivity contribution in [2.24, 2.45) is 0 Å². The van der Waals surface area contributed by atoms with E-state index in [2.05, 4.69) is 70.4 Å². The van der Waals surface area contributed by atoms with Crippen molar-refractivity contribution in [1.29, 1.82) is 0 Å². The van der Waals surface area contributed by atoms with E-state index < -0.39 is 0 Å². The minimum absolute atomic E-state index is 0.288. The van der Waals surface area contributed by atoms with Crippen LogP contribution in [0.1, 0.15) is 22.9 Å². The van der Waals surface area contributed by atoms with Crippen LogP contribution in [0.2, 0.25) is 0 Å². The molecule has 1 fully saturated rings. The number of methoxy groups -OCH3 is 1. The number of nitrogens with zero attached hydrogens (tertiary/aromatic N) is 2. The maximum atomic E-state index is 5.37. The molecule has 2 aliphatic heterocycles. The Balaban J connectivity index is 1.67. The summed E-state index contributed by atoms with van der Waals surface area (Å²) in [6.07, 6.45) is 1.12. The van der Waals surface area contributed by atoms with Crippen molar-refractivity contribution in [1.82, 2.24) is 14.8 Å². The molecule has 2 aromatic carbocycles. The number of likely N-dealkylation sites (N-methyl/N-ethyl adjacent to an activating group) is 1. The number of aromatic nitrogens is 1. The van der Waals surface area contributed by atoms with Crippen molar-refractivity contribution in [3.05, 3.63) is 65.4 Å². The Bertz CT molecular complexity index is 930. The number of fused-ring (bicyclic) bond motifs is 4. The molecule has 1 saturated heterocycles. The van der Waals surface area contributed by atoms with E-state index in [0.717, 1.165) is 31.8 Å². The minimum atomic E-state index is 0.288. The van der Waals surface area contributed by atoms with Gasteiger partial charge in [-0.2, -0.15) is 0 Å². The third-order valence-corrected chi connectivity index (χ3v) is 6.05. The van der Waals surface area contributed by atoms with E-state index >= 15 is 0 Å². The lowest BCUT2D eigenvalue weighted by Crippen LogP contribution is -2.56. The van der Waals surface area contributed by atoms with Crippen LogP contribution in [0.25, 0.3) is 10.9 Å². The second-order valence-corrected chi connectivity index (χ2v) is 7.60. The van der Waals surface area contributed by atoms with Crippen LogP contribution in [-0.4, -0.2) is 54.6 Å². The molecule has 0 bridgehead atoms. The topological polar surface area (TPSA) is 31.5 Å². The Kier molecular flexibility index (Phi) is 3.76. The zero-order valence-electron chi connectivity index (χ0n) is 15.4. The number of aromatic amines is 1. The number of piperazine rings is 1. The number of rotatable bonds is 2. The number of benzene rings is 2. The van der Waals surface area contributed by atoms with Crippen molar-refractivity contribution in [3.8, 4) is 5.75 Å². The highest BCUT2D eigenvalue weighted by molar-refractivity contribution is 5.85. The van der Waals surface area contributed by atoms with Crippen LogP contribution in [0, 0.1) is 0 Å². The van der Waals surface area contributed by atoms with Crippen LogP contribution in [-0.2, 0) is 6.42 Å². The molecule has 4 nitrogen and oxygen atoms in total. The molecule has 0 aliphatic carbocycles. The fourth-order valence-corrected chi connectivity index (χ4v) is 4.77. The molecular weight excluding hydrogens is 322 g/mol. The zero-order chi connectivity index (χ0) is 17.7. The van der Waals surface area contributed by atoms with Crippen molar-refractivity contribution in [2.75, 3.05) is 33.8 Å². The van der Waals surface area contributed by atoms with Crippen molar-refractivity contribution >= 4 is 10.9 Å². The lowest BCUT2D eigenvalue weighted by molar-refractivity contribution is 0.0546. The summed E-state index contributed by atoms with van der Waals surface area (Å²) < 4.78 is 5.37. The molecule has 0 spiro atoms. The van der Waals surface area contributed by atoms with Gasteiger partial charge in [-0.3, -0.25) is 4.90 Å². The van der Waals surface area contributed by atoms with E-state index in [1.54, 1.807) is 7.11 Å². The molecule has 3 heterocycles. The molecule has 5 rings (SSSR count). The normalized spacial score (nSPS) is 23.6. The van der Waals surface area contributed by atoms with Gasteiger partial charge in [-0.1, -0.05) is 30.3 Å². The summed E-state index contributed by atoms with van der Waals surface area (Å²) in [6.45, 7) is 3.36. The number of ether oxygens (including phenoxy) is 1. The van der Waals surface area contributed by atoms with E-state index in [-0.39, 0.29) is 6.04 Å². The predicted molar refractivity (Wildman–Crippen MR) is 105 cm³/mol. The second-order valence-electron chi connectivity index (χ2n) is 7.60. The minimum Gasteiger partial charge on any atom is -0.497 e. The Hall–Kier alpha value is -2.30. The van der Waals surface area contributed by atoms with Gasteiger partial charge in [-0.25, -0.2) is 0 Å². The number of nitrogens with one attached hydrogen (secondary N) is 1. The Morgan fingerprint density at radius 2 is 1.85 bits per heavy atom. The first-order valence-electron chi connectivity index (χ1n) is 9.42. The predicted octanol–water partition coefficient (Wildman–Crippen LogP) is 3.44. The standard InChI is InChI=1S/C22H25N3O/c1-24-11-12-25-16(14-24)13-19-18-5-3-4-6-20(18)23-21(19)22(25)15-7-9-17(26-2)10-8-15/h3-10,16,22-23H,11-14H2,1-2H3/t16-,22-/m0/s1. The molecule has 2 aliphatic rings. The SMILES string of the molecule is COc1ccc([C@H]2c3[nH]c4ccccc4c3C[C@H]3CN(C)CCN32)cc1. The van der Waals surface area contributed by atoms with Gasteiger partial charge >= 0.3 is 0 Å². The summed E-state index contributed by atoms with van der Waals surface area (Å²) in [7, 11) is 3.96. The van der Waals surface area contributed by atoms with Gasteiger partial charge in [-0.05, 0) is 42.8 Å². The summed E-state index contributed by atoms with van der Waals surface area (Å²) in [5.41, 5.74) is 5.47. The summed E-state index contributed by atoms with van der Waals surface area (Å²) in [4.78, 5) is 8.91. The summed E-state index contributed by atoms with van der Waals surface area (Å²) >= 11 is 0. The van der Waals surface area contributed by atoms with Gasteiger partial charge in [0.25, 0.3) is 0 Å². The van der Waals surface area contributed by atoms with Crippen molar-refractivity contribution in [2.45, 2.75) is 18.5 Å². The molecule has 3 aromatic rings. The van der Waals surface area contributed by atoms with Crippen LogP contribution in [0.4, 0.5) is 0 Å². The van der Waals surface area contributed by atoms with Crippen LogP contribution in [0.5, 0.6) is 5.75 Å². The molecular formula is C22H25N3O. The third kappa shape index (κ3) is 2.44. The van der Waals surface area contributed by atoms with E-state index in [0.29, 0.717) is 6.04 Å². The molecule has 134 valence electrons. The lowest BCUT2D eigenvalue weighted by atomic mass is 9.87. The fourth-order valence-electron chi connectivity index (χ4n) is 4.77. The molecule has 0 saturated carbocycles. The number of hydrogen-bond donors (Lipinski definition) is 1.